The number of hydrogen-bond acceptors (Lipinski definition) is 5. The zero-order valence-electron chi connectivity index (χ0n) is 10.3. The molecule has 1 aromatic heterocycles. The molecule has 3 N–H and O–H groups in total. The number of nitrogens with one attached hydrogen (secondary N) is 1. The molecule has 0 saturated carbocycles. The molecule has 0 aromatic carbocycles. The Kier molecular flexibility index (Phi) is 4.39. The van der Waals surface area contributed by atoms with Gasteiger partial charge in [-0.2, -0.15) is 0 Å². The highest BCUT2D eigenvalue weighted by atomic mass is 32.2. The van der Waals surface area contributed by atoms with Crippen LogP contribution in [0.5, 0.6) is 0 Å². The second-order valence-electron chi connectivity index (χ2n) is 4.48. The number of nitrogens with two attached hydrogens (primary N) is 1. The molecule has 2 atom stereocenters. The molecule has 0 spiro atoms. The van der Waals surface area contributed by atoms with Crippen molar-refractivity contribution in [1.82, 2.24) is 4.72 Å². The van der Waals surface area contributed by atoms with Crippen LogP contribution in [-0.4, -0.2) is 27.7 Å². The zero-order chi connectivity index (χ0) is 13.2. The van der Waals surface area contributed by atoms with Gasteiger partial charge in [0.15, 0.2) is 0 Å². The van der Waals surface area contributed by atoms with E-state index in [9.17, 15) is 8.42 Å². The minimum Gasteiger partial charge on any atom is -0.381 e. The maximum Gasteiger partial charge on any atom is 0.241 e. The molecule has 1 saturated heterocycles. The molecule has 1 aromatic rings. The van der Waals surface area contributed by atoms with E-state index in [4.69, 9.17) is 10.5 Å². The lowest BCUT2D eigenvalue weighted by atomic mass is 9.99. The van der Waals surface area contributed by atoms with Gasteiger partial charge < -0.3 is 10.5 Å². The Morgan fingerprint density at radius 3 is 3.06 bits per heavy atom. The summed E-state index contributed by atoms with van der Waals surface area (Å²) in [5.74, 6) is 0.188. The fourth-order valence-corrected chi connectivity index (χ4v) is 4.75. The van der Waals surface area contributed by atoms with Crippen molar-refractivity contribution < 1.29 is 13.2 Å². The third kappa shape index (κ3) is 2.92. The minimum atomic E-state index is -3.47. The van der Waals surface area contributed by atoms with Crippen LogP contribution in [0.15, 0.2) is 16.3 Å². The first-order valence-corrected chi connectivity index (χ1v) is 8.27. The largest absolute Gasteiger partial charge is 0.381 e. The molecule has 0 radical (unpaired) electrons. The first-order chi connectivity index (χ1) is 8.54. The van der Waals surface area contributed by atoms with Gasteiger partial charge in [-0.15, -0.1) is 11.3 Å². The number of rotatable bonds is 4. The Balaban J connectivity index is 2.16. The average molecular weight is 290 g/mol. The van der Waals surface area contributed by atoms with Crippen molar-refractivity contribution in [2.24, 2.45) is 11.7 Å². The van der Waals surface area contributed by atoms with Crippen molar-refractivity contribution in [3.05, 3.63) is 16.3 Å². The molecule has 5 nitrogen and oxygen atoms in total. The molecule has 7 heteroatoms. The predicted molar refractivity (Wildman–Crippen MR) is 70.9 cm³/mol. The molecule has 2 unspecified atom stereocenters. The third-order valence-electron chi connectivity index (χ3n) is 3.13. The molecular formula is C11H18N2O3S2. The van der Waals surface area contributed by atoms with Crippen LogP contribution in [0.2, 0.25) is 0 Å². The van der Waals surface area contributed by atoms with E-state index >= 15 is 0 Å². The van der Waals surface area contributed by atoms with Crippen molar-refractivity contribution in [3.8, 4) is 0 Å². The summed E-state index contributed by atoms with van der Waals surface area (Å²) in [6.45, 7) is 3.44. The van der Waals surface area contributed by atoms with Gasteiger partial charge in [0.25, 0.3) is 0 Å². The maximum atomic E-state index is 12.3. The summed E-state index contributed by atoms with van der Waals surface area (Å²) in [6.07, 6.45) is 0.711. The molecule has 2 rings (SSSR count). The highest BCUT2D eigenvalue weighted by Gasteiger charge is 2.28. The third-order valence-corrected chi connectivity index (χ3v) is 5.77. The first kappa shape index (κ1) is 14.0. The van der Waals surface area contributed by atoms with Gasteiger partial charge in [-0.25, -0.2) is 13.1 Å². The van der Waals surface area contributed by atoms with Crippen molar-refractivity contribution in [2.45, 2.75) is 30.8 Å². The van der Waals surface area contributed by atoms with Gasteiger partial charge in [-0.3, -0.25) is 0 Å². The highest BCUT2D eigenvalue weighted by Crippen LogP contribution is 2.23. The Labute approximate surface area is 111 Å². The molecule has 2 heterocycles. The summed E-state index contributed by atoms with van der Waals surface area (Å²) in [5.41, 5.74) is 5.55. The Hall–Kier alpha value is -0.470. The van der Waals surface area contributed by atoms with Crippen molar-refractivity contribution >= 4 is 21.4 Å². The summed E-state index contributed by atoms with van der Waals surface area (Å²) in [4.78, 5) is 1.01. The number of hydrogen-bond donors (Lipinski definition) is 2. The molecular weight excluding hydrogens is 272 g/mol. The Morgan fingerprint density at radius 1 is 1.61 bits per heavy atom. The van der Waals surface area contributed by atoms with Gasteiger partial charge in [-0.1, -0.05) is 6.92 Å². The average Bonchev–Trinajstić information content (AvgIpc) is 2.81. The molecule has 0 amide bonds. The van der Waals surface area contributed by atoms with Crippen LogP contribution in [0.3, 0.4) is 0 Å². The maximum absolute atomic E-state index is 12.3. The summed E-state index contributed by atoms with van der Waals surface area (Å²) >= 11 is 1.37. The molecule has 18 heavy (non-hydrogen) atoms. The van der Waals surface area contributed by atoms with E-state index in [1.165, 1.54) is 11.3 Å². The van der Waals surface area contributed by atoms with Crippen LogP contribution >= 0.6 is 11.3 Å². The van der Waals surface area contributed by atoms with Gasteiger partial charge in [0.1, 0.15) is 0 Å². The monoisotopic (exact) mass is 290 g/mol. The molecule has 102 valence electrons. The van der Waals surface area contributed by atoms with Crippen LogP contribution in [-0.2, 0) is 21.3 Å². The summed E-state index contributed by atoms with van der Waals surface area (Å²) in [6, 6.07) is 1.55. The van der Waals surface area contributed by atoms with E-state index in [2.05, 4.69) is 4.72 Å². The number of thiophene rings is 1. The standard InChI is InChI=1S/C11H18N2O3S2/c1-8-7-16-4-2-9(8)13-18(14,15)11-3-5-17-10(11)6-12/h3,5,8-9,13H,2,4,6-7,12H2,1H3. The lowest BCUT2D eigenvalue weighted by Gasteiger charge is -2.29. The topological polar surface area (TPSA) is 81.4 Å². The van der Waals surface area contributed by atoms with Gasteiger partial charge >= 0.3 is 0 Å². The van der Waals surface area contributed by atoms with Gasteiger partial charge in [0.2, 0.25) is 10.0 Å². The lowest BCUT2D eigenvalue weighted by molar-refractivity contribution is 0.0450. The molecule has 1 fully saturated rings. The highest BCUT2D eigenvalue weighted by molar-refractivity contribution is 7.89. The normalized spacial score (nSPS) is 25.2. The molecule has 0 aliphatic carbocycles. The van der Waals surface area contributed by atoms with E-state index < -0.39 is 10.0 Å². The van der Waals surface area contributed by atoms with Gasteiger partial charge in [-0.05, 0) is 23.8 Å². The van der Waals surface area contributed by atoms with Gasteiger partial charge in [0.05, 0.1) is 11.5 Å². The summed E-state index contributed by atoms with van der Waals surface area (Å²) < 4.78 is 32.6. The minimum absolute atomic E-state index is 0.0609. The molecule has 0 bridgehead atoms. The van der Waals surface area contributed by atoms with Crippen molar-refractivity contribution in [1.29, 1.82) is 0 Å². The van der Waals surface area contributed by atoms with Crippen LogP contribution in [0.4, 0.5) is 0 Å². The van der Waals surface area contributed by atoms with E-state index in [1.54, 1.807) is 11.4 Å². The quantitative estimate of drug-likeness (QED) is 0.863. The zero-order valence-corrected chi connectivity index (χ0v) is 11.9. The van der Waals surface area contributed by atoms with E-state index in [1.807, 2.05) is 6.92 Å². The van der Waals surface area contributed by atoms with Crippen LogP contribution < -0.4 is 10.5 Å². The fraction of sp³-hybridized carbons (Fsp3) is 0.636. The molecule has 1 aliphatic rings. The predicted octanol–water partition coefficient (Wildman–Crippen LogP) is 0.910. The first-order valence-electron chi connectivity index (χ1n) is 5.91. The van der Waals surface area contributed by atoms with E-state index in [0.717, 1.165) is 0 Å². The van der Waals surface area contributed by atoms with Crippen molar-refractivity contribution in [3.63, 3.8) is 0 Å². The van der Waals surface area contributed by atoms with Crippen LogP contribution in [0, 0.1) is 5.92 Å². The Morgan fingerprint density at radius 2 is 2.39 bits per heavy atom. The number of ether oxygens (including phenoxy) is 1. The Bertz CT molecular complexity index is 498. The van der Waals surface area contributed by atoms with Gasteiger partial charge in [0, 0.05) is 24.1 Å². The van der Waals surface area contributed by atoms with Crippen LogP contribution in [0.1, 0.15) is 18.2 Å². The van der Waals surface area contributed by atoms with E-state index in [0.29, 0.717) is 29.4 Å². The lowest BCUT2D eigenvalue weighted by Crippen LogP contribution is -2.44. The smallest absolute Gasteiger partial charge is 0.241 e. The van der Waals surface area contributed by atoms with Crippen LogP contribution in [0.25, 0.3) is 0 Å². The van der Waals surface area contributed by atoms with Crippen molar-refractivity contribution in [2.75, 3.05) is 13.2 Å². The second-order valence-corrected chi connectivity index (χ2v) is 7.16. The SMILES string of the molecule is CC1COCCC1NS(=O)(=O)c1ccsc1CN. The molecule has 1 aliphatic heterocycles. The fourth-order valence-electron chi connectivity index (χ4n) is 2.04. The summed E-state index contributed by atoms with van der Waals surface area (Å²) in [7, 11) is -3.47. The number of sulfonamides is 1. The second kappa shape index (κ2) is 5.66. The summed E-state index contributed by atoms with van der Waals surface area (Å²) in [5, 5.41) is 1.75. The van der Waals surface area contributed by atoms with E-state index in [-0.39, 0.29) is 18.5 Å².